The Labute approximate surface area is 181 Å². The van der Waals surface area contributed by atoms with Gasteiger partial charge in [0.1, 0.15) is 6.04 Å². The number of carbonyl (C=O) groups is 4. The molecule has 2 fully saturated rings. The Balaban J connectivity index is 1.51. The number of urea groups is 1. The number of rotatable bonds is 4. The third-order valence-corrected chi connectivity index (χ3v) is 6.39. The number of imide groups is 1. The number of fused-ring (bicyclic) bond motifs is 1. The maximum Gasteiger partial charge on any atom is 0.317 e. The van der Waals surface area contributed by atoms with Crippen LogP contribution >= 0.6 is 0 Å². The molecule has 0 radical (unpaired) electrons. The molecule has 1 saturated heterocycles. The molecule has 2 N–H and O–H groups in total. The molecule has 2 heterocycles. The summed E-state index contributed by atoms with van der Waals surface area (Å²) in [7, 11) is 1.71. The fraction of sp³-hybridized carbons (Fsp3) is 0.478. The molecule has 1 atom stereocenters. The van der Waals surface area contributed by atoms with E-state index < -0.39 is 11.9 Å². The summed E-state index contributed by atoms with van der Waals surface area (Å²) < 4.78 is 0. The van der Waals surface area contributed by atoms with E-state index >= 15 is 0 Å². The van der Waals surface area contributed by atoms with Gasteiger partial charge in [0.15, 0.2) is 0 Å². The third-order valence-electron chi connectivity index (χ3n) is 6.39. The second-order valence-electron chi connectivity index (χ2n) is 8.57. The molecule has 1 unspecified atom stereocenters. The first-order chi connectivity index (χ1) is 14.9. The van der Waals surface area contributed by atoms with Gasteiger partial charge in [-0.3, -0.25) is 24.6 Å². The molecule has 5 amide bonds. The Morgan fingerprint density at radius 1 is 1.19 bits per heavy atom. The van der Waals surface area contributed by atoms with Crippen LogP contribution in [0.25, 0.3) is 5.70 Å². The zero-order valence-electron chi connectivity index (χ0n) is 17.8. The van der Waals surface area contributed by atoms with E-state index in [1.165, 1.54) is 11.3 Å². The molecule has 0 spiro atoms. The predicted molar refractivity (Wildman–Crippen MR) is 115 cm³/mol. The van der Waals surface area contributed by atoms with E-state index in [4.69, 9.17) is 0 Å². The molecule has 0 bridgehead atoms. The molecule has 1 aliphatic carbocycles. The SMILES string of the molecule is C=C1c2cccc(CN(C)C(=O)NC3CCCCC3)c2C(=O)N1C1CCC(=O)NC1=O. The van der Waals surface area contributed by atoms with Gasteiger partial charge in [0.25, 0.3) is 5.91 Å². The van der Waals surface area contributed by atoms with E-state index in [0.717, 1.165) is 25.7 Å². The zero-order chi connectivity index (χ0) is 22.1. The maximum atomic E-state index is 13.3. The molecular weight excluding hydrogens is 396 g/mol. The number of carbonyl (C=O) groups excluding carboxylic acids is 4. The van der Waals surface area contributed by atoms with Crippen molar-refractivity contribution >= 4 is 29.4 Å². The molecule has 31 heavy (non-hydrogen) atoms. The summed E-state index contributed by atoms with van der Waals surface area (Å²) in [6.45, 7) is 4.30. The van der Waals surface area contributed by atoms with Gasteiger partial charge in [0, 0.05) is 37.3 Å². The van der Waals surface area contributed by atoms with E-state index in [-0.39, 0.29) is 43.3 Å². The lowest BCUT2D eigenvalue weighted by Crippen LogP contribution is -2.52. The van der Waals surface area contributed by atoms with Crippen LogP contribution in [-0.4, -0.2) is 52.7 Å². The van der Waals surface area contributed by atoms with Crippen molar-refractivity contribution in [2.45, 2.75) is 63.6 Å². The van der Waals surface area contributed by atoms with Crippen LogP contribution in [0.15, 0.2) is 24.8 Å². The number of hydrogen-bond acceptors (Lipinski definition) is 4. The van der Waals surface area contributed by atoms with Crippen LogP contribution in [0.2, 0.25) is 0 Å². The Morgan fingerprint density at radius 2 is 1.94 bits per heavy atom. The molecule has 164 valence electrons. The molecule has 4 rings (SSSR count). The Bertz CT molecular complexity index is 951. The van der Waals surface area contributed by atoms with Gasteiger partial charge in [-0.05, 0) is 24.8 Å². The monoisotopic (exact) mass is 424 g/mol. The van der Waals surface area contributed by atoms with Crippen molar-refractivity contribution in [1.82, 2.24) is 20.4 Å². The lowest BCUT2D eigenvalue weighted by molar-refractivity contribution is -0.136. The second-order valence-corrected chi connectivity index (χ2v) is 8.57. The molecule has 0 aromatic heterocycles. The van der Waals surface area contributed by atoms with Gasteiger partial charge in [0.05, 0.1) is 5.56 Å². The smallest absolute Gasteiger partial charge is 0.317 e. The summed E-state index contributed by atoms with van der Waals surface area (Å²) in [4.78, 5) is 52.8. The minimum Gasteiger partial charge on any atom is -0.335 e. The quantitative estimate of drug-likeness (QED) is 0.725. The van der Waals surface area contributed by atoms with E-state index in [1.807, 2.05) is 12.1 Å². The van der Waals surface area contributed by atoms with Crippen molar-refractivity contribution < 1.29 is 19.2 Å². The van der Waals surface area contributed by atoms with Crippen molar-refractivity contribution in [2.75, 3.05) is 7.05 Å². The number of benzene rings is 1. The molecular formula is C23H28N4O4. The predicted octanol–water partition coefficient (Wildman–Crippen LogP) is 2.39. The minimum atomic E-state index is -0.759. The summed E-state index contributed by atoms with van der Waals surface area (Å²) in [5, 5.41) is 5.39. The highest BCUT2D eigenvalue weighted by Crippen LogP contribution is 2.37. The van der Waals surface area contributed by atoms with Gasteiger partial charge < -0.3 is 10.2 Å². The number of nitrogens with one attached hydrogen (secondary N) is 2. The summed E-state index contributed by atoms with van der Waals surface area (Å²) in [5.74, 6) is -1.13. The van der Waals surface area contributed by atoms with Crippen LogP contribution in [0.1, 0.15) is 66.4 Å². The first-order valence-corrected chi connectivity index (χ1v) is 10.9. The second kappa shape index (κ2) is 8.53. The fourth-order valence-electron chi connectivity index (χ4n) is 4.71. The van der Waals surface area contributed by atoms with Crippen molar-refractivity contribution in [2.24, 2.45) is 0 Å². The minimum absolute atomic E-state index is 0.157. The van der Waals surface area contributed by atoms with E-state index in [1.54, 1.807) is 18.0 Å². The van der Waals surface area contributed by atoms with Gasteiger partial charge in [-0.2, -0.15) is 0 Å². The zero-order valence-corrected chi connectivity index (χ0v) is 17.8. The van der Waals surface area contributed by atoms with Crippen molar-refractivity contribution in [3.63, 3.8) is 0 Å². The summed E-state index contributed by atoms with van der Waals surface area (Å²) in [6, 6.07) is 4.73. The Kier molecular flexibility index (Phi) is 5.80. The topological polar surface area (TPSA) is 98.8 Å². The average molecular weight is 425 g/mol. The van der Waals surface area contributed by atoms with Gasteiger partial charge in [0.2, 0.25) is 11.8 Å². The number of hydrogen-bond donors (Lipinski definition) is 2. The van der Waals surface area contributed by atoms with Crippen molar-refractivity contribution in [3.8, 4) is 0 Å². The van der Waals surface area contributed by atoms with Gasteiger partial charge in [-0.15, -0.1) is 0 Å². The maximum absolute atomic E-state index is 13.3. The molecule has 8 heteroatoms. The van der Waals surface area contributed by atoms with E-state index in [0.29, 0.717) is 22.4 Å². The number of nitrogens with zero attached hydrogens (tertiary/aromatic N) is 2. The van der Waals surface area contributed by atoms with Crippen molar-refractivity contribution in [1.29, 1.82) is 0 Å². The standard InChI is InChI=1S/C23H28N4O4/c1-14-17-10-6-7-15(13-26(2)23(31)24-16-8-4-3-5-9-16)20(17)22(30)27(14)18-11-12-19(28)25-21(18)29/h6-7,10,16,18H,1,3-5,8-9,11-13H2,2H3,(H,24,31)(H,25,28,29). The first-order valence-electron chi connectivity index (χ1n) is 10.9. The molecule has 1 aromatic carbocycles. The Hall–Kier alpha value is -3.16. The lowest BCUT2D eigenvalue weighted by Gasteiger charge is -2.30. The van der Waals surface area contributed by atoms with Crippen molar-refractivity contribution in [3.05, 3.63) is 41.5 Å². The van der Waals surface area contributed by atoms with E-state index in [2.05, 4.69) is 17.2 Å². The lowest BCUT2D eigenvalue weighted by atomic mass is 9.96. The highest BCUT2D eigenvalue weighted by atomic mass is 16.2. The molecule has 1 aromatic rings. The largest absolute Gasteiger partial charge is 0.335 e. The number of piperidine rings is 1. The summed E-state index contributed by atoms with van der Waals surface area (Å²) in [5.41, 5.74) is 2.29. The van der Waals surface area contributed by atoms with Gasteiger partial charge in [-0.1, -0.05) is 44.0 Å². The van der Waals surface area contributed by atoms with Crippen LogP contribution in [0.4, 0.5) is 4.79 Å². The fourth-order valence-corrected chi connectivity index (χ4v) is 4.71. The van der Waals surface area contributed by atoms with Crippen LogP contribution in [0.5, 0.6) is 0 Å². The summed E-state index contributed by atoms with van der Waals surface area (Å²) >= 11 is 0. The highest BCUT2D eigenvalue weighted by molar-refractivity contribution is 6.13. The third kappa shape index (κ3) is 4.06. The number of amides is 5. The van der Waals surface area contributed by atoms with Crippen LogP contribution in [-0.2, 0) is 16.1 Å². The molecule has 3 aliphatic rings. The van der Waals surface area contributed by atoms with Crippen LogP contribution in [0, 0.1) is 0 Å². The normalized spacial score (nSPS) is 21.7. The first kappa shape index (κ1) is 21.1. The van der Waals surface area contributed by atoms with Gasteiger partial charge in [-0.25, -0.2) is 4.79 Å². The molecule has 1 saturated carbocycles. The summed E-state index contributed by atoms with van der Waals surface area (Å²) in [6.07, 6.45) is 5.93. The van der Waals surface area contributed by atoms with Crippen LogP contribution in [0.3, 0.4) is 0 Å². The van der Waals surface area contributed by atoms with E-state index in [9.17, 15) is 19.2 Å². The molecule has 8 nitrogen and oxygen atoms in total. The van der Waals surface area contributed by atoms with Gasteiger partial charge >= 0.3 is 6.03 Å². The molecule has 2 aliphatic heterocycles. The highest BCUT2D eigenvalue weighted by Gasteiger charge is 2.42. The Morgan fingerprint density at radius 3 is 2.65 bits per heavy atom. The average Bonchev–Trinajstić information content (AvgIpc) is 3.00. The van der Waals surface area contributed by atoms with Crippen LogP contribution < -0.4 is 10.6 Å².